The van der Waals surface area contributed by atoms with E-state index in [-0.39, 0.29) is 6.61 Å². The fraction of sp³-hybridized carbons (Fsp3) is 0.0800. The molecule has 0 saturated heterocycles. The highest BCUT2D eigenvalue weighted by Gasteiger charge is 2.08. The number of hydrazone groups is 1. The van der Waals surface area contributed by atoms with Gasteiger partial charge in [0.1, 0.15) is 17.9 Å². The van der Waals surface area contributed by atoms with Crippen molar-refractivity contribution in [2.24, 2.45) is 5.10 Å². The Morgan fingerprint density at radius 1 is 1.06 bits per heavy atom. The largest absolute Gasteiger partial charge is 0.488 e. The summed E-state index contributed by atoms with van der Waals surface area (Å²) in [4.78, 5) is 12.3. The number of para-hydroxylation sites is 2. The molecule has 0 spiro atoms. The first-order valence-corrected chi connectivity index (χ1v) is 10.4. The molecule has 2 N–H and O–H groups in total. The number of rotatable bonds is 6. The molecule has 0 aliphatic carbocycles. The van der Waals surface area contributed by atoms with Gasteiger partial charge in [0.2, 0.25) is 0 Å². The molecule has 0 bridgehead atoms. The first-order chi connectivity index (χ1) is 15.6. The van der Waals surface area contributed by atoms with Crippen molar-refractivity contribution in [3.63, 3.8) is 0 Å². The van der Waals surface area contributed by atoms with Crippen LogP contribution in [-0.2, 0) is 6.61 Å². The summed E-state index contributed by atoms with van der Waals surface area (Å²) < 4.78 is 11.3. The van der Waals surface area contributed by atoms with Crippen LogP contribution < -0.4 is 21.1 Å². The molecular formula is C25H21N3O3S. The van der Waals surface area contributed by atoms with Gasteiger partial charge in [-0.2, -0.15) is 5.10 Å². The zero-order valence-corrected chi connectivity index (χ0v) is 18.2. The van der Waals surface area contributed by atoms with E-state index in [1.54, 1.807) is 18.3 Å². The van der Waals surface area contributed by atoms with Gasteiger partial charge in [-0.15, -0.1) is 0 Å². The minimum Gasteiger partial charge on any atom is -0.488 e. The normalized spacial score (nSPS) is 10.9. The fourth-order valence-electron chi connectivity index (χ4n) is 3.12. The van der Waals surface area contributed by atoms with Gasteiger partial charge in [0.05, 0.1) is 11.8 Å². The van der Waals surface area contributed by atoms with Crippen molar-refractivity contribution in [2.45, 2.75) is 13.5 Å². The lowest BCUT2D eigenvalue weighted by Crippen LogP contribution is -2.23. The second kappa shape index (κ2) is 9.89. The fourth-order valence-corrected chi connectivity index (χ4v) is 3.29. The highest BCUT2D eigenvalue weighted by Crippen LogP contribution is 2.18. The topological polar surface area (TPSA) is 75.9 Å². The van der Waals surface area contributed by atoms with Crippen molar-refractivity contribution in [1.29, 1.82) is 0 Å². The lowest BCUT2D eigenvalue weighted by atomic mass is 10.2. The smallest absolute Gasteiger partial charge is 0.342 e. The molecule has 1 aromatic heterocycles. The molecule has 3 aromatic carbocycles. The molecule has 0 aliphatic heterocycles. The summed E-state index contributed by atoms with van der Waals surface area (Å²) in [7, 11) is 0. The number of anilines is 1. The van der Waals surface area contributed by atoms with Crippen LogP contribution in [0.15, 0.2) is 93.2 Å². The number of nitrogens with zero attached hydrogens (tertiary/aromatic N) is 1. The Balaban J connectivity index is 1.41. The monoisotopic (exact) mass is 443 g/mol. The molecule has 7 heteroatoms. The summed E-state index contributed by atoms with van der Waals surface area (Å²) in [6, 6.07) is 24.4. The van der Waals surface area contributed by atoms with Crippen LogP contribution in [-0.4, -0.2) is 11.3 Å². The number of hydrogen-bond acceptors (Lipinski definition) is 5. The summed E-state index contributed by atoms with van der Waals surface area (Å²) in [6.07, 6.45) is 1.61. The molecule has 0 saturated carbocycles. The van der Waals surface area contributed by atoms with Gasteiger partial charge < -0.3 is 14.5 Å². The van der Waals surface area contributed by atoms with Gasteiger partial charge in [0, 0.05) is 16.6 Å². The molecule has 0 fully saturated rings. The van der Waals surface area contributed by atoms with Gasteiger partial charge in [-0.3, -0.25) is 5.43 Å². The SMILES string of the molecule is Cc1cccc(NC(=S)N/N=C/c2ccccc2OCc2cc3ccccc3oc2=O)c1. The number of fused-ring (bicyclic) bond motifs is 1. The van der Waals surface area contributed by atoms with E-state index in [0.717, 1.165) is 22.2 Å². The second-order valence-electron chi connectivity index (χ2n) is 7.12. The Morgan fingerprint density at radius 3 is 2.75 bits per heavy atom. The zero-order chi connectivity index (χ0) is 22.3. The van der Waals surface area contributed by atoms with Gasteiger partial charge in [0.25, 0.3) is 0 Å². The molecule has 160 valence electrons. The highest BCUT2D eigenvalue weighted by atomic mass is 32.1. The first-order valence-electron chi connectivity index (χ1n) is 9.99. The Morgan fingerprint density at radius 2 is 1.88 bits per heavy atom. The molecule has 0 radical (unpaired) electrons. The number of aryl methyl sites for hydroxylation is 1. The third-order valence-corrected chi connectivity index (χ3v) is 4.85. The zero-order valence-electron chi connectivity index (χ0n) is 17.4. The third kappa shape index (κ3) is 5.39. The first kappa shape index (κ1) is 21.3. The number of thiocarbonyl (C=S) groups is 1. The van der Waals surface area contributed by atoms with E-state index in [4.69, 9.17) is 21.4 Å². The average molecular weight is 444 g/mol. The number of nitrogens with one attached hydrogen (secondary N) is 2. The molecule has 6 nitrogen and oxygen atoms in total. The van der Waals surface area contributed by atoms with Crippen LogP contribution >= 0.6 is 12.2 Å². The standard InChI is InChI=1S/C25H21N3O3S/c1-17-7-6-10-21(13-17)27-25(32)28-26-15-19-9-3-4-11-22(19)30-16-20-14-18-8-2-5-12-23(18)31-24(20)29/h2-15H,16H2,1H3,(H2,27,28,32)/b26-15+. The molecule has 32 heavy (non-hydrogen) atoms. The van der Waals surface area contributed by atoms with E-state index in [9.17, 15) is 4.79 Å². The van der Waals surface area contributed by atoms with Crippen LogP contribution in [0.5, 0.6) is 5.75 Å². The second-order valence-corrected chi connectivity index (χ2v) is 7.53. The average Bonchev–Trinajstić information content (AvgIpc) is 2.78. The minimum atomic E-state index is -0.413. The maximum atomic E-state index is 12.3. The van der Waals surface area contributed by atoms with Gasteiger partial charge in [-0.1, -0.05) is 42.5 Å². The van der Waals surface area contributed by atoms with Gasteiger partial charge in [0.15, 0.2) is 5.11 Å². The number of ether oxygens (including phenoxy) is 1. The van der Waals surface area contributed by atoms with E-state index in [1.807, 2.05) is 73.7 Å². The van der Waals surface area contributed by atoms with Crippen LogP contribution in [0.2, 0.25) is 0 Å². The molecule has 0 amide bonds. The summed E-state index contributed by atoms with van der Waals surface area (Å²) >= 11 is 5.28. The van der Waals surface area contributed by atoms with E-state index in [0.29, 0.717) is 22.0 Å². The molecule has 1 heterocycles. The number of benzene rings is 3. The van der Waals surface area contributed by atoms with Crippen LogP contribution in [0.3, 0.4) is 0 Å². The van der Waals surface area contributed by atoms with Gasteiger partial charge >= 0.3 is 5.63 Å². The lowest BCUT2D eigenvalue weighted by Gasteiger charge is -2.09. The Kier molecular flexibility index (Phi) is 6.57. The summed E-state index contributed by atoms with van der Waals surface area (Å²) in [5.74, 6) is 0.586. The van der Waals surface area contributed by atoms with E-state index >= 15 is 0 Å². The maximum absolute atomic E-state index is 12.3. The van der Waals surface area contributed by atoms with E-state index in [2.05, 4.69) is 15.8 Å². The summed E-state index contributed by atoms with van der Waals surface area (Å²) in [6.45, 7) is 2.09. The molecule has 4 aromatic rings. The van der Waals surface area contributed by atoms with Crippen molar-refractivity contribution in [1.82, 2.24) is 5.43 Å². The van der Waals surface area contributed by atoms with E-state index < -0.39 is 5.63 Å². The van der Waals surface area contributed by atoms with Crippen LogP contribution in [0, 0.1) is 6.92 Å². The molecule has 0 unspecified atom stereocenters. The Bertz CT molecular complexity index is 1350. The maximum Gasteiger partial charge on any atom is 0.342 e. The van der Waals surface area contributed by atoms with Gasteiger partial charge in [-0.05, 0) is 61.1 Å². The quantitative estimate of drug-likeness (QED) is 0.189. The van der Waals surface area contributed by atoms with Crippen molar-refractivity contribution in [3.05, 3.63) is 106 Å². The predicted molar refractivity (Wildman–Crippen MR) is 131 cm³/mol. The van der Waals surface area contributed by atoms with E-state index in [1.165, 1.54) is 0 Å². The van der Waals surface area contributed by atoms with Crippen LogP contribution in [0.4, 0.5) is 5.69 Å². The van der Waals surface area contributed by atoms with Crippen LogP contribution in [0.25, 0.3) is 11.0 Å². The lowest BCUT2D eigenvalue weighted by molar-refractivity contribution is 0.300. The molecule has 4 rings (SSSR count). The van der Waals surface area contributed by atoms with Crippen LogP contribution in [0.1, 0.15) is 16.7 Å². The molecule has 0 aliphatic rings. The Labute approximate surface area is 190 Å². The summed E-state index contributed by atoms with van der Waals surface area (Å²) in [5.41, 5.74) is 6.13. The predicted octanol–water partition coefficient (Wildman–Crippen LogP) is 5.00. The molecular weight excluding hydrogens is 422 g/mol. The minimum absolute atomic E-state index is 0.0821. The number of hydrogen-bond donors (Lipinski definition) is 2. The van der Waals surface area contributed by atoms with Gasteiger partial charge in [-0.25, -0.2) is 4.79 Å². The van der Waals surface area contributed by atoms with Crippen molar-refractivity contribution >= 4 is 40.2 Å². The summed E-state index contributed by atoms with van der Waals surface area (Å²) in [5, 5.41) is 8.50. The third-order valence-electron chi connectivity index (χ3n) is 4.66. The highest BCUT2D eigenvalue weighted by molar-refractivity contribution is 7.80. The van der Waals surface area contributed by atoms with Crippen molar-refractivity contribution < 1.29 is 9.15 Å². The Hall–Kier alpha value is -3.97. The van der Waals surface area contributed by atoms with Crippen molar-refractivity contribution in [3.8, 4) is 5.75 Å². The molecule has 0 atom stereocenters. The van der Waals surface area contributed by atoms with Crippen molar-refractivity contribution in [2.75, 3.05) is 5.32 Å².